The van der Waals surface area contributed by atoms with Crippen molar-refractivity contribution < 1.29 is 14.3 Å². The number of halogens is 2. The molecule has 24 heavy (non-hydrogen) atoms. The van der Waals surface area contributed by atoms with E-state index in [4.69, 9.17) is 27.9 Å². The molecule has 0 heterocycles. The van der Waals surface area contributed by atoms with Gasteiger partial charge in [0.1, 0.15) is 0 Å². The second-order valence-electron chi connectivity index (χ2n) is 5.41. The van der Waals surface area contributed by atoms with Crippen molar-refractivity contribution in [1.29, 1.82) is 0 Å². The summed E-state index contributed by atoms with van der Waals surface area (Å²) < 4.78 is 5.25. The van der Waals surface area contributed by atoms with Crippen LogP contribution in [0.5, 0.6) is 0 Å². The van der Waals surface area contributed by atoms with Gasteiger partial charge in [0.25, 0.3) is 5.91 Å². The number of nitrogens with one attached hydrogen (secondary N) is 1. The van der Waals surface area contributed by atoms with Gasteiger partial charge in [-0.25, -0.2) is 4.79 Å². The maximum atomic E-state index is 12.3. The second kappa shape index (κ2) is 7.69. The Morgan fingerprint density at radius 1 is 1.12 bits per heavy atom. The summed E-state index contributed by atoms with van der Waals surface area (Å²) in [7, 11) is 0. The number of carbonyl (C=O) groups excluding carboxylic acids is 2. The summed E-state index contributed by atoms with van der Waals surface area (Å²) in [6, 6.07) is 10.1. The summed E-state index contributed by atoms with van der Waals surface area (Å²) in [6.45, 7) is 5.24. The van der Waals surface area contributed by atoms with E-state index in [1.165, 1.54) is 13.0 Å². The van der Waals surface area contributed by atoms with Crippen LogP contribution in [0.1, 0.15) is 28.4 Å². The van der Waals surface area contributed by atoms with Crippen molar-refractivity contribution in [3.05, 3.63) is 63.1 Å². The first-order chi connectivity index (χ1) is 11.3. The number of rotatable bonds is 4. The second-order valence-corrected chi connectivity index (χ2v) is 6.25. The van der Waals surface area contributed by atoms with E-state index >= 15 is 0 Å². The number of anilines is 1. The minimum Gasteiger partial charge on any atom is -0.449 e. The number of amides is 1. The first kappa shape index (κ1) is 18.3. The lowest BCUT2D eigenvalue weighted by molar-refractivity contribution is -0.123. The summed E-state index contributed by atoms with van der Waals surface area (Å²) in [5, 5.41) is 3.39. The fourth-order valence-electron chi connectivity index (χ4n) is 2.08. The largest absolute Gasteiger partial charge is 0.449 e. The normalized spacial score (nSPS) is 11.7. The van der Waals surface area contributed by atoms with Crippen LogP contribution in [0.15, 0.2) is 36.4 Å². The molecule has 0 bridgehead atoms. The molecule has 2 rings (SSSR count). The molecule has 0 saturated heterocycles. The van der Waals surface area contributed by atoms with Gasteiger partial charge in [-0.1, -0.05) is 35.3 Å². The monoisotopic (exact) mass is 365 g/mol. The predicted octanol–water partition coefficient (Wildman–Crippen LogP) is 4.79. The molecule has 0 aliphatic heterocycles. The van der Waals surface area contributed by atoms with Gasteiger partial charge in [-0.05, 0) is 56.2 Å². The fraction of sp³-hybridized carbons (Fsp3) is 0.222. The predicted molar refractivity (Wildman–Crippen MR) is 95.9 cm³/mol. The Balaban J connectivity index is 2.07. The zero-order chi connectivity index (χ0) is 17.9. The lowest BCUT2D eigenvalue weighted by atomic mass is 10.0. The van der Waals surface area contributed by atoms with E-state index in [9.17, 15) is 9.59 Å². The van der Waals surface area contributed by atoms with Gasteiger partial charge in [-0.15, -0.1) is 0 Å². The molecule has 0 aliphatic carbocycles. The molecule has 0 aromatic heterocycles. The lowest BCUT2D eigenvalue weighted by Crippen LogP contribution is -2.30. The summed E-state index contributed by atoms with van der Waals surface area (Å²) in [4.78, 5) is 24.5. The highest BCUT2D eigenvalue weighted by Crippen LogP contribution is 2.25. The average molecular weight is 366 g/mol. The maximum absolute atomic E-state index is 12.3. The highest BCUT2D eigenvalue weighted by atomic mass is 35.5. The third-order valence-corrected chi connectivity index (χ3v) is 4.23. The SMILES string of the molecule is Cc1cccc(C(=O)O[C@H](C)C(=O)Nc2cc(Cl)ccc2Cl)c1C. The lowest BCUT2D eigenvalue weighted by Gasteiger charge is -2.15. The Labute approximate surface area is 150 Å². The number of aryl methyl sites for hydroxylation is 1. The molecule has 0 unspecified atom stereocenters. The Kier molecular flexibility index (Phi) is 5.86. The van der Waals surface area contributed by atoms with Crippen molar-refractivity contribution in [3.8, 4) is 0 Å². The summed E-state index contributed by atoms with van der Waals surface area (Å²) >= 11 is 11.9. The molecule has 0 spiro atoms. The number of carbonyl (C=O) groups is 2. The van der Waals surface area contributed by atoms with Crippen LogP contribution >= 0.6 is 23.2 Å². The van der Waals surface area contributed by atoms with Gasteiger partial charge in [-0.2, -0.15) is 0 Å². The van der Waals surface area contributed by atoms with Gasteiger partial charge >= 0.3 is 5.97 Å². The zero-order valence-corrected chi connectivity index (χ0v) is 15.0. The number of hydrogen-bond donors (Lipinski definition) is 1. The van der Waals surface area contributed by atoms with E-state index in [1.54, 1.807) is 24.3 Å². The van der Waals surface area contributed by atoms with Crippen molar-refractivity contribution in [2.45, 2.75) is 26.9 Å². The van der Waals surface area contributed by atoms with E-state index < -0.39 is 18.0 Å². The topological polar surface area (TPSA) is 55.4 Å². The quantitative estimate of drug-likeness (QED) is 0.792. The van der Waals surface area contributed by atoms with Gasteiger partial charge in [0.15, 0.2) is 6.10 Å². The Morgan fingerprint density at radius 3 is 2.54 bits per heavy atom. The molecule has 1 amide bonds. The molecule has 1 atom stereocenters. The summed E-state index contributed by atoms with van der Waals surface area (Å²) in [5.41, 5.74) is 2.61. The molecule has 2 aromatic rings. The van der Waals surface area contributed by atoms with Crippen molar-refractivity contribution in [2.75, 3.05) is 5.32 Å². The molecule has 6 heteroatoms. The molecule has 0 aliphatic rings. The fourth-order valence-corrected chi connectivity index (χ4v) is 2.41. The molecule has 126 valence electrons. The number of hydrogen-bond acceptors (Lipinski definition) is 3. The third kappa shape index (κ3) is 4.28. The van der Waals surface area contributed by atoms with Gasteiger partial charge in [0.2, 0.25) is 0 Å². The van der Waals surface area contributed by atoms with E-state index in [0.717, 1.165) is 11.1 Å². The first-order valence-corrected chi connectivity index (χ1v) is 8.08. The molecule has 0 radical (unpaired) electrons. The first-order valence-electron chi connectivity index (χ1n) is 7.32. The molecular weight excluding hydrogens is 349 g/mol. The van der Waals surface area contributed by atoms with Crippen molar-refractivity contribution >= 4 is 40.8 Å². The van der Waals surface area contributed by atoms with Gasteiger partial charge in [0, 0.05) is 5.02 Å². The molecule has 1 N–H and O–H groups in total. The van der Waals surface area contributed by atoms with Gasteiger partial charge < -0.3 is 10.1 Å². The molecular formula is C18H17Cl2NO3. The standard InChI is InChI=1S/C18H17Cl2NO3/c1-10-5-4-6-14(11(10)2)18(23)24-12(3)17(22)21-16-9-13(19)7-8-15(16)20/h4-9,12H,1-3H3,(H,21,22)/t12-/m1/s1. The molecule has 4 nitrogen and oxygen atoms in total. The number of esters is 1. The van der Waals surface area contributed by atoms with Crippen LogP contribution in [0.4, 0.5) is 5.69 Å². The smallest absolute Gasteiger partial charge is 0.339 e. The average Bonchev–Trinajstić information content (AvgIpc) is 2.53. The third-order valence-electron chi connectivity index (χ3n) is 3.66. The van der Waals surface area contributed by atoms with E-state index in [-0.39, 0.29) is 0 Å². The van der Waals surface area contributed by atoms with Gasteiger partial charge in [-0.3, -0.25) is 4.79 Å². The van der Waals surface area contributed by atoms with Crippen LogP contribution in [0.25, 0.3) is 0 Å². The van der Waals surface area contributed by atoms with Crippen LogP contribution in [-0.2, 0) is 9.53 Å². The Hall–Kier alpha value is -2.04. The highest BCUT2D eigenvalue weighted by molar-refractivity contribution is 6.35. The summed E-state index contributed by atoms with van der Waals surface area (Å²) in [6.07, 6.45) is -0.979. The minimum atomic E-state index is -0.979. The molecule has 0 saturated carbocycles. The van der Waals surface area contributed by atoms with E-state index in [1.807, 2.05) is 19.9 Å². The van der Waals surface area contributed by atoms with Crippen LogP contribution in [-0.4, -0.2) is 18.0 Å². The van der Waals surface area contributed by atoms with Crippen LogP contribution in [0.3, 0.4) is 0 Å². The van der Waals surface area contributed by atoms with Crippen LogP contribution in [0, 0.1) is 13.8 Å². The molecule has 0 fully saturated rings. The number of ether oxygens (including phenoxy) is 1. The maximum Gasteiger partial charge on any atom is 0.339 e. The van der Waals surface area contributed by atoms with Gasteiger partial charge in [0.05, 0.1) is 16.3 Å². The Bertz CT molecular complexity index is 790. The van der Waals surface area contributed by atoms with Crippen molar-refractivity contribution in [2.24, 2.45) is 0 Å². The van der Waals surface area contributed by atoms with Crippen molar-refractivity contribution in [3.63, 3.8) is 0 Å². The Morgan fingerprint density at radius 2 is 1.83 bits per heavy atom. The number of benzene rings is 2. The van der Waals surface area contributed by atoms with Crippen molar-refractivity contribution in [1.82, 2.24) is 0 Å². The highest BCUT2D eigenvalue weighted by Gasteiger charge is 2.21. The van der Waals surface area contributed by atoms with E-state index in [2.05, 4.69) is 5.32 Å². The van der Waals surface area contributed by atoms with Crippen LogP contribution < -0.4 is 5.32 Å². The summed E-state index contributed by atoms with van der Waals surface area (Å²) in [5.74, 6) is -1.03. The van der Waals surface area contributed by atoms with Crippen LogP contribution in [0.2, 0.25) is 10.0 Å². The van der Waals surface area contributed by atoms with E-state index in [0.29, 0.717) is 21.3 Å². The molecule has 2 aromatic carbocycles. The zero-order valence-electron chi connectivity index (χ0n) is 13.5. The minimum absolute atomic E-state index is 0.348.